The Morgan fingerprint density at radius 1 is 1.17 bits per heavy atom. The first-order valence-corrected chi connectivity index (χ1v) is 10.1. The van der Waals surface area contributed by atoms with Gasteiger partial charge in [-0.1, -0.05) is 18.2 Å². The maximum absolute atomic E-state index is 5.58. The Labute approximate surface area is 171 Å². The Morgan fingerprint density at radius 2 is 2.07 bits per heavy atom. The minimum atomic E-state index is 0.506. The normalized spacial score (nSPS) is 11.6. The van der Waals surface area contributed by atoms with Crippen LogP contribution in [0.2, 0.25) is 0 Å². The van der Waals surface area contributed by atoms with Crippen molar-refractivity contribution in [2.45, 2.75) is 26.4 Å². The summed E-state index contributed by atoms with van der Waals surface area (Å²) in [7, 11) is 0. The molecule has 3 rings (SSSR count). The van der Waals surface area contributed by atoms with Crippen LogP contribution >= 0.6 is 0 Å². The van der Waals surface area contributed by atoms with Gasteiger partial charge in [0.2, 0.25) is 0 Å². The summed E-state index contributed by atoms with van der Waals surface area (Å²) in [5.74, 6) is 1.67. The molecule has 7 nitrogen and oxygen atoms in total. The van der Waals surface area contributed by atoms with Crippen LogP contribution in [0.5, 0.6) is 0 Å². The molecule has 154 valence electrons. The van der Waals surface area contributed by atoms with E-state index in [4.69, 9.17) is 9.15 Å². The van der Waals surface area contributed by atoms with E-state index < -0.39 is 0 Å². The maximum atomic E-state index is 5.58. The molecular formula is C22H29N5O2. The van der Waals surface area contributed by atoms with Crippen molar-refractivity contribution in [1.82, 2.24) is 20.4 Å². The van der Waals surface area contributed by atoms with Crippen molar-refractivity contribution in [1.29, 1.82) is 0 Å². The van der Waals surface area contributed by atoms with Gasteiger partial charge in [0, 0.05) is 32.4 Å². The smallest absolute Gasteiger partial charge is 0.191 e. The number of para-hydroxylation sites is 1. The van der Waals surface area contributed by atoms with E-state index in [0.717, 1.165) is 43.3 Å². The number of guanidine groups is 1. The van der Waals surface area contributed by atoms with Gasteiger partial charge in [-0.15, -0.1) is 0 Å². The average molecular weight is 396 g/mol. The minimum absolute atomic E-state index is 0.506. The fourth-order valence-corrected chi connectivity index (χ4v) is 2.80. The number of benzene rings is 1. The van der Waals surface area contributed by atoms with E-state index in [1.165, 1.54) is 5.56 Å². The van der Waals surface area contributed by atoms with Gasteiger partial charge in [0.05, 0.1) is 18.1 Å². The lowest BCUT2D eigenvalue weighted by atomic mass is 10.2. The summed E-state index contributed by atoms with van der Waals surface area (Å²) in [6.07, 6.45) is 7.38. The number of rotatable bonds is 11. The van der Waals surface area contributed by atoms with Gasteiger partial charge in [-0.25, -0.2) is 4.68 Å². The van der Waals surface area contributed by atoms with Gasteiger partial charge in [0.1, 0.15) is 12.4 Å². The highest BCUT2D eigenvalue weighted by Crippen LogP contribution is 2.07. The highest BCUT2D eigenvalue weighted by atomic mass is 16.5. The second kappa shape index (κ2) is 11.7. The molecule has 1 aromatic carbocycles. The first kappa shape index (κ1) is 20.7. The Bertz CT molecular complexity index is 843. The standard InChI is InChI=1S/C22H29N5O2/c1-2-23-22(24-12-7-14-28-18-21-10-6-15-29-21)25-13-11-19-16-26-27(17-19)20-8-4-3-5-9-20/h3-6,8-10,15-17H,2,7,11-14,18H2,1H3,(H2,23,24,25). The Kier molecular flexibility index (Phi) is 8.34. The molecule has 2 heterocycles. The molecule has 0 saturated heterocycles. The zero-order chi connectivity index (χ0) is 20.2. The molecule has 29 heavy (non-hydrogen) atoms. The van der Waals surface area contributed by atoms with E-state index in [-0.39, 0.29) is 0 Å². The Hall–Kier alpha value is -3.06. The van der Waals surface area contributed by atoms with Crippen molar-refractivity contribution in [2.24, 2.45) is 4.99 Å². The largest absolute Gasteiger partial charge is 0.467 e. The molecule has 7 heteroatoms. The SMILES string of the molecule is CCNC(=NCCCOCc1ccco1)NCCc1cnn(-c2ccccc2)c1. The van der Waals surface area contributed by atoms with Crippen LogP contribution in [0, 0.1) is 0 Å². The fraction of sp³-hybridized carbons (Fsp3) is 0.364. The quantitative estimate of drug-likeness (QED) is 0.296. The van der Waals surface area contributed by atoms with Gasteiger partial charge >= 0.3 is 0 Å². The van der Waals surface area contributed by atoms with Crippen LogP contribution in [0.4, 0.5) is 0 Å². The number of nitrogens with zero attached hydrogens (tertiary/aromatic N) is 3. The number of hydrogen-bond acceptors (Lipinski definition) is 4. The molecule has 0 aliphatic heterocycles. The van der Waals surface area contributed by atoms with Crippen molar-refractivity contribution >= 4 is 5.96 Å². The van der Waals surface area contributed by atoms with Crippen LogP contribution in [0.15, 0.2) is 70.5 Å². The van der Waals surface area contributed by atoms with E-state index in [0.29, 0.717) is 19.8 Å². The van der Waals surface area contributed by atoms with Gasteiger partial charge in [-0.2, -0.15) is 5.10 Å². The molecule has 0 radical (unpaired) electrons. The van der Waals surface area contributed by atoms with Crippen LogP contribution in [0.1, 0.15) is 24.7 Å². The lowest BCUT2D eigenvalue weighted by Crippen LogP contribution is -2.38. The van der Waals surface area contributed by atoms with E-state index in [1.807, 2.05) is 53.3 Å². The van der Waals surface area contributed by atoms with Crippen molar-refractivity contribution in [3.05, 3.63) is 72.4 Å². The number of hydrogen-bond donors (Lipinski definition) is 2. The summed E-state index contributed by atoms with van der Waals surface area (Å²) >= 11 is 0. The number of furan rings is 1. The molecule has 3 aromatic rings. The third-order valence-corrected chi connectivity index (χ3v) is 4.25. The number of aliphatic imine (C=N–C) groups is 1. The van der Waals surface area contributed by atoms with E-state index in [1.54, 1.807) is 6.26 Å². The fourth-order valence-electron chi connectivity index (χ4n) is 2.80. The van der Waals surface area contributed by atoms with Crippen LogP contribution in [0.3, 0.4) is 0 Å². The zero-order valence-corrected chi connectivity index (χ0v) is 16.9. The topological polar surface area (TPSA) is 76.6 Å². The third-order valence-electron chi connectivity index (χ3n) is 4.25. The second-order valence-corrected chi connectivity index (χ2v) is 6.55. The highest BCUT2D eigenvalue weighted by Gasteiger charge is 2.02. The molecule has 0 spiro atoms. The number of nitrogens with one attached hydrogen (secondary N) is 2. The average Bonchev–Trinajstić information content (AvgIpc) is 3.43. The highest BCUT2D eigenvalue weighted by molar-refractivity contribution is 5.79. The lowest BCUT2D eigenvalue weighted by molar-refractivity contribution is 0.105. The first-order chi connectivity index (χ1) is 14.3. The molecule has 0 amide bonds. The molecule has 2 N–H and O–H groups in total. The Balaban J connectivity index is 1.36. The minimum Gasteiger partial charge on any atom is -0.467 e. The van der Waals surface area contributed by atoms with E-state index >= 15 is 0 Å². The number of aromatic nitrogens is 2. The molecule has 0 bridgehead atoms. The summed E-state index contributed by atoms with van der Waals surface area (Å²) in [5, 5.41) is 11.1. The summed E-state index contributed by atoms with van der Waals surface area (Å²) < 4.78 is 12.7. The molecule has 0 saturated carbocycles. The Morgan fingerprint density at radius 3 is 2.86 bits per heavy atom. The molecular weight excluding hydrogens is 366 g/mol. The van der Waals surface area contributed by atoms with Gasteiger partial charge < -0.3 is 19.8 Å². The maximum Gasteiger partial charge on any atom is 0.191 e. The summed E-state index contributed by atoms with van der Waals surface area (Å²) in [6.45, 7) is 5.55. The van der Waals surface area contributed by atoms with E-state index in [9.17, 15) is 0 Å². The van der Waals surface area contributed by atoms with Gasteiger partial charge in [-0.3, -0.25) is 4.99 Å². The van der Waals surface area contributed by atoms with Crippen LogP contribution < -0.4 is 10.6 Å². The monoisotopic (exact) mass is 395 g/mol. The number of ether oxygens (including phenoxy) is 1. The third kappa shape index (κ3) is 7.12. The van der Waals surface area contributed by atoms with Crippen molar-refractivity contribution in [2.75, 3.05) is 26.2 Å². The summed E-state index contributed by atoms with van der Waals surface area (Å²) in [4.78, 5) is 4.60. The van der Waals surface area contributed by atoms with Crippen molar-refractivity contribution in [3.63, 3.8) is 0 Å². The zero-order valence-electron chi connectivity index (χ0n) is 16.9. The van der Waals surface area contributed by atoms with Crippen LogP contribution in [0.25, 0.3) is 5.69 Å². The van der Waals surface area contributed by atoms with Crippen LogP contribution in [-0.4, -0.2) is 42.0 Å². The summed E-state index contributed by atoms with van der Waals surface area (Å²) in [6, 6.07) is 13.9. The van der Waals surface area contributed by atoms with Crippen LogP contribution in [-0.2, 0) is 17.8 Å². The summed E-state index contributed by atoms with van der Waals surface area (Å²) in [5.41, 5.74) is 2.25. The predicted molar refractivity (Wildman–Crippen MR) is 114 cm³/mol. The molecule has 0 atom stereocenters. The lowest BCUT2D eigenvalue weighted by Gasteiger charge is -2.10. The molecule has 0 unspecified atom stereocenters. The predicted octanol–water partition coefficient (Wildman–Crippen LogP) is 3.17. The molecule has 0 aliphatic carbocycles. The van der Waals surface area contributed by atoms with Gasteiger partial charge in [0.15, 0.2) is 5.96 Å². The second-order valence-electron chi connectivity index (χ2n) is 6.55. The molecule has 2 aromatic heterocycles. The molecule has 0 fully saturated rings. The van der Waals surface area contributed by atoms with Gasteiger partial charge in [-0.05, 0) is 49.6 Å². The first-order valence-electron chi connectivity index (χ1n) is 10.1. The van der Waals surface area contributed by atoms with Crippen molar-refractivity contribution < 1.29 is 9.15 Å². The molecule has 0 aliphatic rings. The van der Waals surface area contributed by atoms with E-state index in [2.05, 4.69) is 33.8 Å². The van der Waals surface area contributed by atoms with Crippen molar-refractivity contribution in [3.8, 4) is 5.69 Å². The van der Waals surface area contributed by atoms with Gasteiger partial charge in [0.25, 0.3) is 0 Å².